The molecular formula is C16H18FNO3S. The number of hydrogen-bond donors (Lipinski definition) is 0. The van der Waals surface area contributed by atoms with Crippen LogP contribution < -0.4 is 9.04 Å². The summed E-state index contributed by atoms with van der Waals surface area (Å²) in [5.41, 5.74) is 2.59. The van der Waals surface area contributed by atoms with E-state index in [1.54, 1.807) is 12.1 Å². The van der Waals surface area contributed by atoms with Gasteiger partial charge in [-0.15, -0.1) is 0 Å². The lowest BCUT2D eigenvalue weighted by atomic mass is 10.1. The van der Waals surface area contributed by atoms with Crippen molar-refractivity contribution in [2.75, 3.05) is 18.5 Å². The van der Waals surface area contributed by atoms with Gasteiger partial charge in [0.2, 0.25) is 0 Å². The molecule has 4 nitrogen and oxygen atoms in total. The number of benzene rings is 2. The first kappa shape index (κ1) is 16.3. The van der Waals surface area contributed by atoms with E-state index < -0.39 is 15.8 Å². The zero-order valence-electron chi connectivity index (χ0n) is 12.9. The summed E-state index contributed by atoms with van der Waals surface area (Å²) in [5.74, 6) is -0.704. The molecule has 0 aliphatic heterocycles. The van der Waals surface area contributed by atoms with Crippen LogP contribution in [-0.2, 0) is 10.0 Å². The quantitative estimate of drug-likeness (QED) is 0.867. The van der Waals surface area contributed by atoms with Crippen molar-refractivity contribution in [3.8, 4) is 5.75 Å². The third kappa shape index (κ3) is 2.92. The summed E-state index contributed by atoms with van der Waals surface area (Å²) in [7, 11) is -1.06. The second-order valence-corrected chi connectivity index (χ2v) is 7.01. The van der Waals surface area contributed by atoms with Gasteiger partial charge in [0.1, 0.15) is 0 Å². The van der Waals surface area contributed by atoms with Crippen molar-refractivity contribution in [1.82, 2.24) is 0 Å². The molecule has 0 fully saturated rings. The molecule has 2 rings (SSSR count). The molecule has 0 bridgehead atoms. The van der Waals surface area contributed by atoms with Crippen LogP contribution in [0.5, 0.6) is 5.75 Å². The van der Waals surface area contributed by atoms with Gasteiger partial charge < -0.3 is 4.74 Å². The van der Waals surface area contributed by atoms with E-state index in [0.29, 0.717) is 5.69 Å². The number of hydrogen-bond acceptors (Lipinski definition) is 3. The van der Waals surface area contributed by atoms with Crippen molar-refractivity contribution in [3.63, 3.8) is 0 Å². The van der Waals surface area contributed by atoms with Crippen LogP contribution in [0.2, 0.25) is 0 Å². The monoisotopic (exact) mass is 323 g/mol. The molecule has 118 valence electrons. The van der Waals surface area contributed by atoms with E-state index in [4.69, 9.17) is 4.74 Å². The van der Waals surface area contributed by atoms with E-state index in [1.165, 1.54) is 26.3 Å². The third-order valence-electron chi connectivity index (χ3n) is 3.64. The number of rotatable bonds is 4. The second-order valence-electron chi connectivity index (χ2n) is 5.04. The molecule has 22 heavy (non-hydrogen) atoms. The lowest BCUT2D eigenvalue weighted by molar-refractivity contribution is 0.385. The highest BCUT2D eigenvalue weighted by Crippen LogP contribution is 2.26. The molecule has 0 unspecified atom stereocenters. The smallest absolute Gasteiger partial charge is 0.264 e. The molecule has 0 N–H and O–H groups in total. The molecule has 0 amide bonds. The van der Waals surface area contributed by atoms with Crippen LogP contribution in [0.4, 0.5) is 10.1 Å². The average Bonchev–Trinajstić information content (AvgIpc) is 2.49. The number of ether oxygens (including phenoxy) is 1. The zero-order chi connectivity index (χ0) is 16.5. The Labute approximate surface area is 130 Å². The predicted molar refractivity (Wildman–Crippen MR) is 84.5 cm³/mol. The number of sulfonamides is 1. The van der Waals surface area contributed by atoms with E-state index in [0.717, 1.165) is 21.5 Å². The van der Waals surface area contributed by atoms with Crippen LogP contribution in [0.3, 0.4) is 0 Å². The summed E-state index contributed by atoms with van der Waals surface area (Å²) < 4.78 is 44.9. The largest absolute Gasteiger partial charge is 0.494 e. The van der Waals surface area contributed by atoms with Crippen molar-refractivity contribution < 1.29 is 17.5 Å². The summed E-state index contributed by atoms with van der Waals surface area (Å²) in [6.45, 7) is 3.86. The van der Waals surface area contributed by atoms with Crippen molar-refractivity contribution in [3.05, 3.63) is 53.3 Å². The van der Waals surface area contributed by atoms with Gasteiger partial charge >= 0.3 is 0 Å². The number of nitrogens with zero attached hydrogens (tertiary/aromatic N) is 1. The molecule has 0 atom stereocenters. The van der Waals surface area contributed by atoms with Gasteiger partial charge in [-0.3, -0.25) is 4.31 Å². The Kier molecular flexibility index (Phi) is 4.42. The maximum atomic E-state index is 13.8. The van der Waals surface area contributed by atoms with Crippen LogP contribution in [0.15, 0.2) is 41.3 Å². The van der Waals surface area contributed by atoms with Crippen LogP contribution in [0.25, 0.3) is 0 Å². The fraction of sp³-hybridized carbons (Fsp3) is 0.250. The number of anilines is 1. The summed E-state index contributed by atoms with van der Waals surface area (Å²) in [6, 6.07) is 8.95. The maximum Gasteiger partial charge on any atom is 0.264 e. The lowest BCUT2D eigenvalue weighted by Gasteiger charge is -2.20. The Morgan fingerprint density at radius 2 is 1.73 bits per heavy atom. The first-order valence-electron chi connectivity index (χ1n) is 6.67. The molecule has 2 aromatic carbocycles. The summed E-state index contributed by atoms with van der Waals surface area (Å²) >= 11 is 0. The highest BCUT2D eigenvalue weighted by atomic mass is 32.2. The Morgan fingerprint density at radius 3 is 2.27 bits per heavy atom. The van der Waals surface area contributed by atoms with Crippen LogP contribution in [0.1, 0.15) is 11.1 Å². The Balaban J connectivity index is 2.44. The molecule has 0 heterocycles. The van der Waals surface area contributed by atoms with Crippen molar-refractivity contribution >= 4 is 15.7 Å². The molecule has 6 heteroatoms. The third-order valence-corrected chi connectivity index (χ3v) is 5.42. The minimum Gasteiger partial charge on any atom is -0.494 e. The number of methoxy groups -OCH3 is 1. The van der Waals surface area contributed by atoms with E-state index in [-0.39, 0.29) is 10.6 Å². The van der Waals surface area contributed by atoms with E-state index >= 15 is 0 Å². The standard InChI is InChI=1S/C16H18FNO3S/c1-11-5-6-13(9-12(11)2)18(3)22(19,20)14-7-8-16(21-4)15(17)10-14/h5-10H,1-4H3. The molecule has 0 radical (unpaired) electrons. The lowest BCUT2D eigenvalue weighted by Crippen LogP contribution is -2.26. The highest BCUT2D eigenvalue weighted by molar-refractivity contribution is 7.92. The van der Waals surface area contributed by atoms with Gasteiger partial charge in [0.05, 0.1) is 17.7 Å². The first-order valence-corrected chi connectivity index (χ1v) is 8.11. The van der Waals surface area contributed by atoms with Crippen LogP contribution in [-0.4, -0.2) is 22.6 Å². The molecule has 0 spiro atoms. The average molecular weight is 323 g/mol. The van der Waals surface area contributed by atoms with Crippen molar-refractivity contribution in [2.24, 2.45) is 0 Å². The molecule has 0 aliphatic carbocycles. The summed E-state index contributed by atoms with van der Waals surface area (Å²) in [5, 5.41) is 0. The number of aryl methyl sites for hydroxylation is 2. The molecule has 0 saturated heterocycles. The molecule has 0 aliphatic rings. The zero-order valence-corrected chi connectivity index (χ0v) is 13.7. The van der Waals surface area contributed by atoms with Crippen LogP contribution >= 0.6 is 0 Å². The minimum absolute atomic E-state index is 0.00721. The first-order chi connectivity index (χ1) is 10.3. The van der Waals surface area contributed by atoms with E-state index in [1.807, 2.05) is 19.9 Å². The Bertz CT molecular complexity index is 803. The second kappa shape index (κ2) is 5.96. The topological polar surface area (TPSA) is 46.6 Å². The van der Waals surface area contributed by atoms with Crippen molar-refractivity contribution in [2.45, 2.75) is 18.7 Å². The minimum atomic E-state index is -3.83. The SMILES string of the molecule is COc1ccc(S(=O)(=O)N(C)c2ccc(C)c(C)c2)cc1F. The van der Waals surface area contributed by atoms with Gasteiger partial charge in [0, 0.05) is 7.05 Å². The number of halogens is 1. The van der Waals surface area contributed by atoms with Gasteiger partial charge in [0.15, 0.2) is 11.6 Å². The fourth-order valence-electron chi connectivity index (χ4n) is 2.03. The molecular weight excluding hydrogens is 305 g/mol. The highest BCUT2D eigenvalue weighted by Gasteiger charge is 2.23. The van der Waals surface area contributed by atoms with E-state index in [9.17, 15) is 12.8 Å². The summed E-state index contributed by atoms with van der Waals surface area (Å²) in [4.78, 5) is -0.119. The molecule has 0 saturated carbocycles. The van der Waals surface area contributed by atoms with Gasteiger partial charge in [0.25, 0.3) is 10.0 Å². The molecule has 2 aromatic rings. The van der Waals surface area contributed by atoms with Gasteiger partial charge in [-0.25, -0.2) is 12.8 Å². The predicted octanol–water partition coefficient (Wildman–Crippen LogP) is 3.28. The van der Waals surface area contributed by atoms with Gasteiger partial charge in [-0.1, -0.05) is 6.07 Å². The van der Waals surface area contributed by atoms with Gasteiger partial charge in [-0.2, -0.15) is 0 Å². The van der Waals surface area contributed by atoms with Crippen molar-refractivity contribution in [1.29, 1.82) is 0 Å². The normalized spacial score (nSPS) is 11.3. The van der Waals surface area contributed by atoms with Crippen LogP contribution in [0, 0.1) is 19.7 Å². The van der Waals surface area contributed by atoms with E-state index in [2.05, 4.69) is 0 Å². The Hall–Kier alpha value is -2.08. The Morgan fingerprint density at radius 1 is 1.05 bits per heavy atom. The fourth-order valence-corrected chi connectivity index (χ4v) is 3.23. The van der Waals surface area contributed by atoms with Gasteiger partial charge in [-0.05, 0) is 55.3 Å². The molecule has 0 aromatic heterocycles. The summed E-state index contributed by atoms with van der Waals surface area (Å²) in [6.07, 6.45) is 0. The maximum absolute atomic E-state index is 13.8.